The number of esters is 1. The molecular formula is C20H24N2O5S. The van der Waals surface area contributed by atoms with Crippen molar-refractivity contribution >= 4 is 28.8 Å². The molecule has 2 atom stereocenters. The van der Waals surface area contributed by atoms with Crippen molar-refractivity contribution in [3.05, 3.63) is 35.0 Å². The molecule has 1 amide bonds. The lowest BCUT2D eigenvalue weighted by Crippen LogP contribution is -2.40. The minimum Gasteiger partial charge on any atom is -0.490 e. The highest BCUT2D eigenvalue weighted by molar-refractivity contribution is 8.15. The van der Waals surface area contributed by atoms with Crippen molar-refractivity contribution in [3.63, 3.8) is 0 Å². The van der Waals surface area contributed by atoms with Crippen LogP contribution in [0.15, 0.2) is 34.5 Å². The lowest BCUT2D eigenvalue weighted by molar-refractivity contribution is -0.137. The molecule has 0 spiro atoms. The lowest BCUT2D eigenvalue weighted by Gasteiger charge is -2.33. The Morgan fingerprint density at radius 2 is 1.89 bits per heavy atom. The molecule has 2 aliphatic rings. The fraction of sp³-hybridized carbons (Fsp3) is 0.450. The number of carbonyl (C=O) groups is 2. The van der Waals surface area contributed by atoms with Crippen molar-refractivity contribution in [1.82, 2.24) is 4.90 Å². The van der Waals surface area contributed by atoms with Crippen molar-refractivity contribution in [1.29, 1.82) is 0 Å². The Morgan fingerprint density at radius 3 is 2.54 bits per heavy atom. The molecule has 8 heteroatoms. The van der Waals surface area contributed by atoms with Crippen LogP contribution in [-0.4, -0.2) is 47.5 Å². The summed E-state index contributed by atoms with van der Waals surface area (Å²) in [5.41, 5.74) is 1.63. The molecule has 150 valence electrons. The highest BCUT2D eigenvalue weighted by Crippen LogP contribution is 2.44. The fourth-order valence-corrected chi connectivity index (χ4v) is 4.36. The van der Waals surface area contributed by atoms with Gasteiger partial charge in [-0.3, -0.25) is 9.69 Å². The van der Waals surface area contributed by atoms with E-state index in [1.54, 1.807) is 17.9 Å². The Labute approximate surface area is 168 Å². The topological polar surface area (TPSA) is 77.4 Å². The first-order chi connectivity index (χ1) is 13.4. The molecule has 28 heavy (non-hydrogen) atoms. The van der Waals surface area contributed by atoms with Gasteiger partial charge in [-0.2, -0.15) is 0 Å². The highest BCUT2D eigenvalue weighted by Gasteiger charge is 2.46. The molecule has 1 fully saturated rings. The first kappa shape index (κ1) is 20.3. The Bertz CT molecular complexity index is 864. The van der Waals surface area contributed by atoms with Crippen LogP contribution in [-0.2, 0) is 14.3 Å². The van der Waals surface area contributed by atoms with E-state index in [2.05, 4.69) is 4.99 Å². The van der Waals surface area contributed by atoms with E-state index in [1.807, 2.05) is 32.9 Å². The number of hydrogen-bond donors (Lipinski definition) is 0. The van der Waals surface area contributed by atoms with Gasteiger partial charge in [0.15, 0.2) is 16.7 Å². The molecule has 7 nitrogen and oxygen atoms in total. The van der Waals surface area contributed by atoms with Gasteiger partial charge in [0.1, 0.15) is 0 Å². The molecule has 1 saturated heterocycles. The molecule has 2 heterocycles. The molecule has 0 radical (unpaired) electrons. The van der Waals surface area contributed by atoms with Gasteiger partial charge < -0.3 is 14.2 Å². The summed E-state index contributed by atoms with van der Waals surface area (Å²) in [4.78, 5) is 31.5. The average molecular weight is 404 g/mol. The van der Waals surface area contributed by atoms with Crippen LogP contribution in [0.1, 0.15) is 39.3 Å². The maximum Gasteiger partial charge on any atom is 0.338 e. The molecule has 1 aromatic rings. The van der Waals surface area contributed by atoms with E-state index in [4.69, 9.17) is 14.2 Å². The summed E-state index contributed by atoms with van der Waals surface area (Å²) >= 11 is 1.39. The quantitative estimate of drug-likeness (QED) is 0.677. The second-order valence-corrected chi connectivity index (χ2v) is 7.64. The van der Waals surface area contributed by atoms with Crippen molar-refractivity contribution in [2.24, 2.45) is 4.99 Å². The minimum absolute atomic E-state index is 0.0884. The maximum absolute atomic E-state index is 12.9. The third-order valence-electron chi connectivity index (χ3n) is 4.55. The number of rotatable bonds is 6. The van der Waals surface area contributed by atoms with Crippen LogP contribution >= 0.6 is 11.8 Å². The van der Waals surface area contributed by atoms with E-state index < -0.39 is 12.0 Å². The van der Waals surface area contributed by atoms with Gasteiger partial charge in [-0.25, -0.2) is 9.79 Å². The van der Waals surface area contributed by atoms with Crippen LogP contribution < -0.4 is 9.47 Å². The third-order valence-corrected chi connectivity index (χ3v) is 5.60. The number of benzene rings is 1. The van der Waals surface area contributed by atoms with E-state index in [0.717, 1.165) is 5.56 Å². The first-order valence-corrected chi connectivity index (χ1v) is 10.1. The zero-order valence-corrected chi connectivity index (χ0v) is 17.5. The molecule has 0 bridgehead atoms. The molecular weight excluding hydrogens is 380 g/mol. The molecule has 0 saturated carbocycles. The van der Waals surface area contributed by atoms with E-state index in [-0.39, 0.29) is 11.2 Å². The summed E-state index contributed by atoms with van der Waals surface area (Å²) in [7, 11) is 1.33. The maximum atomic E-state index is 12.9. The van der Waals surface area contributed by atoms with Crippen molar-refractivity contribution in [2.75, 3.05) is 20.3 Å². The monoisotopic (exact) mass is 404 g/mol. The van der Waals surface area contributed by atoms with Crippen molar-refractivity contribution < 1.29 is 23.8 Å². The Balaban J connectivity index is 2.15. The number of methoxy groups -OCH3 is 1. The van der Waals surface area contributed by atoms with Gasteiger partial charge in [0, 0.05) is 0 Å². The predicted molar refractivity (Wildman–Crippen MR) is 108 cm³/mol. The van der Waals surface area contributed by atoms with Crippen LogP contribution in [0.25, 0.3) is 0 Å². The van der Waals surface area contributed by atoms with E-state index in [0.29, 0.717) is 41.2 Å². The summed E-state index contributed by atoms with van der Waals surface area (Å²) in [5.74, 6) is 0.595. The number of thioether (sulfide) groups is 1. The van der Waals surface area contributed by atoms with Gasteiger partial charge in [-0.15, -0.1) is 0 Å². The summed E-state index contributed by atoms with van der Waals surface area (Å²) < 4.78 is 16.4. The average Bonchev–Trinajstić information content (AvgIpc) is 2.95. The standard InChI is InChI=1S/C20H24N2O5S/c1-6-26-14-9-8-13(10-15(14)27-7-2)17-16(19(24)25-5)11(3)21-20-22(17)18(23)12(4)28-20/h8-10,12,17H,6-7H2,1-5H3. The zero-order chi connectivity index (χ0) is 20.4. The van der Waals surface area contributed by atoms with Crippen LogP contribution in [0.5, 0.6) is 11.5 Å². The number of carbonyl (C=O) groups excluding carboxylic acids is 2. The SMILES string of the molecule is CCOc1ccc(C2C(C(=O)OC)=C(C)N=C3SC(C)C(=O)N32)cc1OCC. The Hall–Kier alpha value is -2.48. The summed E-state index contributed by atoms with van der Waals surface area (Å²) in [6.07, 6.45) is 0. The number of aliphatic imine (C=N–C) groups is 1. The van der Waals surface area contributed by atoms with Crippen LogP contribution in [0.2, 0.25) is 0 Å². The molecule has 2 unspecified atom stereocenters. The second-order valence-electron chi connectivity index (χ2n) is 6.33. The molecule has 1 aromatic carbocycles. The number of nitrogens with zero attached hydrogens (tertiary/aromatic N) is 2. The van der Waals surface area contributed by atoms with Gasteiger partial charge in [-0.05, 0) is 45.4 Å². The number of ether oxygens (including phenoxy) is 3. The number of fused-ring (bicyclic) bond motifs is 1. The molecule has 3 rings (SSSR count). The fourth-order valence-electron chi connectivity index (χ4n) is 3.33. The van der Waals surface area contributed by atoms with Gasteiger partial charge in [0.2, 0.25) is 5.91 Å². The van der Waals surface area contributed by atoms with Gasteiger partial charge in [-0.1, -0.05) is 17.8 Å². The lowest BCUT2D eigenvalue weighted by atomic mass is 9.94. The first-order valence-electron chi connectivity index (χ1n) is 9.19. The third kappa shape index (κ3) is 3.48. The van der Waals surface area contributed by atoms with E-state index >= 15 is 0 Å². The normalized spacial score (nSPS) is 21.4. The zero-order valence-electron chi connectivity index (χ0n) is 16.6. The predicted octanol–water partition coefficient (Wildman–Crippen LogP) is 3.31. The van der Waals surface area contributed by atoms with Crippen molar-refractivity contribution in [2.45, 2.75) is 39.0 Å². The molecule has 0 aliphatic carbocycles. The number of amides is 1. The smallest absolute Gasteiger partial charge is 0.338 e. The van der Waals surface area contributed by atoms with E-state index in [1.165, 1.54) is 18.9 Å². The van der Waals surface area contributed by atoms with Gasteiger partial charge >= 0.3 is 5.97 Å². The highest BCUT2D eigenvalue weighted by atomic mass is 32.2. The Kier molecular flexibility index (Phi) is 5.98. The number of amidine groups is 1. The second kappa shape index (κ2) is 8.26. The summed E-state index contributed by atoms with van der Waals surface area (Å²) in [6, 6.07) is 4.84. The molecule has 0 aromatic heterocycles. The largest absolute Gasteiger partial charge is 0.490 e. The minimum atomic E-state index is -0.625. The number of allylic oxidation sites excluding steroid dienone is 1. The number of hydrogen-bond acceptors (Lipinski definition) is 7. The van der Waals surface area contributed by atoms with E-state index in [9.17, 15) is 9.59 Å². The van der Waals surface area contributed by atoms with Crippen LogP contribution in [0.4, 0.5) is 0 Å². The molecule has 0 N–H and O–H groups in total. The summed E-state index contributed by atoms with van der Waals surface area (Å²) in [6.45, 7) is 8.36. The van der Waals surface area contributed by atoms with Gasteiger partial charge in [0.05, 0.1) is 42.9 Å². The van der Waals surface area contributed by atoms with Gasteiger partial charge in [0.25, 0.3) is 0 Å². The summed E-state index contributed by atoms with van der Waals surface area (Å²) in [5, 5.41) is 0.333. The van der Waals surface area contributed by atoms with Crippen LogP contribution in [0, 0.1) is 0 Å². The Morgan fingerprint density at radius 1 is 1.21 bits per heavy atom. The van der Waals surface area contributed by atoms with Crippen LogP contribution in [0.3, 0.4) is 0 Å². The van der Waals surface area contributed by atoms with Crippen molar-refractivity contribution in [3.8, 4) is 11.5 Å². The molecule has 2 aliphatic heterocycles.